The third-order valence-electron chi connectivity index (χ3n) is 4.67. The number of aromatic nitrogens is 4. The van der Waals surface area contributed by atoms with Crippen LogP contribution in [0.2, 0.25) is 0 Å². The molecule has 0 fully saturated rings. The molecule has 0 spiro atoms. The Morgan fingerprint density at radius 1 is 1.10 bits per heavy atom. The Bertz CT molecular complexity index is 1150. The smallest absolute Gasteiger partial charge is 0.251 e. The zero-order valence-corrected chi connectivity index (χ0v) is 16.3. The third-order valence-corrected chi connectivity index (χ3v) is 4.67. The van der Waals surface area contributed by atoms with E-state index in [9.17, 15) is 4.79 Å². The molecule has 2 heterocycles. The van der Waals surface area contributed by atoms with Crippen LogP contribution in [0.4, 0.5) is 0 Å². The van der Waals surface area contributed by atoms with E-state index in [1.54, 1.807) is 16.9 Å². The van der Waals surface area contributed by atoms with Gasteiger partial charge in [0.2, 0.25) is 0 Å². The molecule has 0 unspecified atom stereocenters. The number of nitrogens with one attached hydrogen (secondary N) is 1. The molecule has 0 aliphatic carbocycles. The summed E-state index contributed by atoms with van der Waals surface area (Å²) in [6.45, 7) is 4.91. The molecule has 4 aromatic rings. The maximum Gasteiger partial charge on any atom is 0.251 e. The predicted molar refractivity (Wildman–Crippen MR) is 110 cm³/mol. The summed E-state index contributed by atoms with van der Waals surface area (Å²) in [7, 11) is 0. The number of carbonyl (C=O) groups excluding carboxylic acids is 1. The molecular formula is C22H21N5O2. The van der Waals surface area contributed by atoms with Crippen LogP contribution in [0.3, 0.4) is 0 Å². The van der Waals surface area contributed by atoms with Gasteiger partial charge in [-0.15, -0.1) is 5.10 Å². The summed E-state index contributed by atoms with van der Waals surface area (Å²) in [5, 5.41) is 11.3. The first kappa shape index (κ1) is 18.6. The molecule has 7 heteroatoms. The number of carbonyl (C=O) groups is 1. The van der Waals surface area contributed by atoms with E-state index in [-0.39, 0.29) is 5.91 Å². The Morgan fingerprint density at radius 2 is 1.93 bits per heavy atom. The molecule has 1 amide bonds. The molecule has 2 aromatic heterocycles. The van der Waals surface area contributed by atoms with Crippen molar-refractivity contribution in [2.45, 2.75) is 20.4 Å². The molecule has 0 aliphatic heterocycles. The summed E-state index contributed by atoms with van der Waals surface area (Å²) in [6, 6.07) is 16.9. The van der Waals surface area contributed by atoms with Gasteiger partial charge in [-0.25, -0.2) is 4.98 Å². The number of rotatable bonds is 6. The van der Waals surface area contributed by atoms with Gasteiger partial charge >= 0.3 is 0 Å². The number of ether oxygens (including phenoxy) is 1. The second-order valence-electron chi connectivity index (χ2n) is 6.56. The van der Waals surface area contributed by atoms with Crippen LogP contribution < -0.4 is 10.1 Å². The summed E-state index contributed by atoms with van der Waals surface area (Å²) in [5.74, 6) is 0.676. The van der Waals surface area contributed by atoms with Crippen LogP contribution >= 0.6 is 0 Å². The summed E-state index contributed by atoms with van der Waals surface area (Å²) < 4.78 is 7.11. The highest BCUT2D eigenvalue weighted by atomic mass is 16.5. The Hall–Kier alpha value is -3.74. The van der Waals surface area contributed by atoms with Gasteiger partial charge in [-0.1, -0.05) is 23.4 Å². The van der Waals surface area contributed by atoms with Crippen molar-refractivity contribution in [1.82, 2.24) is 25.3 Å². The molecule has 0 saturated heterocycles. The summed E-state index contributed by atoms with van der Waals surface area (Å²) >= 11 is 0. The fourth-order valence-corrected chi connectivity index (χ4v) is 3.17. The van der Waals surface area contributed by atoms with Crippen molar-refractivity contribution in [2.75, 3.05) is 6.61 Å². The third kappa shape index (κ3) is 3.80. The monoisotopic (exact) mass is 387 g/mol. The van der Waals surface area contributed by atoms with Crippen LogP contribution in [0.1, 0.15) is 28.4 Å². The van der Waals surface area contributed by atoms with Crippen LogP contribution in [0.15, 0.2) is 60.8 Å². The van der Waals surface area contributed by atoms with E-state index in [0.29, 0.717) is 29.9 Å². The minimum atomic E-state index is -0.143. The summed E-state index contributed by atoms with van der Waals surface area (Å²) in [5.41, 5.74) is 4.55. The minimum absolute atomic E-state index is 0.143. The second kappa shape index (κ2) is 8.10. The zero-order valence-electron chi connectivity index (χ0n) is 16.3. The van der Waals surface area contributed by atoms with Crippen LogP contribution in [0.25, 0.3) is 16.9 Å². The van der Waals surface area contributed by atoms with E-state index < -0.39 is 0 Å². The fourth-order valence-electron chi connectivity index (χ4n) is 3.17. The van der Waals surface area contributed by atoms with Gasteiger partial charge in [0.25, 0.3) is 5.91 Å². The molecule has 0 aliphatic rings. The van der Waals surface area contributed by atoms with Gasteiger partial charge in [0, 0.05) is 18.3 Å². The van der Waals surface area contributed by atoms with Gasteiger partial charge in [0.15, 0.2) is 5.65 Å². The van der Waals surface area contributed by atoms with E-state index in [4.69, 9.17) is 4.74 Å². The van der Waals surface area contributed by atoms with Crippen molar-refractivity contribution in [3.63, 3.8) is 0 Å². The lowest BCUT2D eigenvalue weighted by molar-refractivity contribution is 0.0950. The van der Waals surface area contributed by atoms with E-state index in [1.165, 1.54) is 0 Å². The van der Waals surface area contributed by atoms with Gasteiger partial charge in [0.05, 0.1) is 12.3 Å². The average Bonchev–Trinajstić information content (AvgIpc) is 3.17. The van der Waals surface area contributed by atoms with Crippen molar-refractivity contribution >= 4 is 17.1 Å². The first-order chi connectivity index (χ1) is 14.2. The topological polar surface area (TPSA) is 81.9 Å². The molecule has 0 atom stereocenters. The molecule has 0 saturated carbocycles. The highest BCUT2D eigenvalue weighted by molar-refractivity contribution is 5.96. The lowest BCUT2D eigenvalue weighted by Crippen LogP contribution is -2.24. The predicted octanol–water partition coefficient (Wildman–Crippen LogP) is 3.45. The summed E-state index contributed by atoms with van der Waals surface area (Å²) in [4.78, 5) is 17.2. The van der Waals surface area contributed by atoms with Crippen molar-refractivity contribution in [3.05, 3.63) is 77.5 Å². The molecule has 1 N–H and O–H groups in total. The van der Waals surface area contributed by atoms with Gasteiger partial charge in [0.1, 0.15) is 11.3 Å². The number of pyridine rings is 1. The fraction of sp³-hybridized carbons (Fsp3) is 0.182. The van der Waals surface area contributed by atoms with Gasteiger partial charge in [-0.2, -0.15) is 4.68 Å². The quantitative estimate of drug-likeness (QED) is 0.548. The highest BCUT2D eigenvalue weighted by Gasteiger charge is 2.15. The van der Waals surface area contributed by atoms with Crippen LogP contribution in [0.5, 0.6) is 5.75 Å². The van der Waals surface area contributed by atoms with Crippen molar-refractivity contribution in [2.24, 2.45) is 0 Å². The first-order valence-electron chi connectivity index (χ1n) is 9.43. The Morgan fingerprint density at radius 3 is 2.72 bits per heavy atom. The van der Waals surface area contributed by atoms with E-state index >= 15 is 0 Å². The van der Waals surface area contributed by atoms with Gasteiger partial charge in [-0.05, 0) is 61.4 Å². The van der Waals surface area contributed by atoms with Crippen LogP contribution in [-0.2, 0) is 6.54 Å². The standard InChI is InChI=1S/C22H21N5O2/c1-3-29-17-11-9-16(10-12-17)14-24-22(28)18-6-4-8-20(15(18)2)27-21-19(25-26-27)7-5-13-23-21/h4-13H,3,14H2,1-2H3,(H,24,28). The maximum absolute atomic E-state index is 12.8. The second-order valence-corrected chi connectivity index (χ2v) is 6.56. The number of nitrogens with zero attached hydrogens (tertiary/aromatic N) is 4. The zero-order chi connectivity index (χ0) is 20.2. The molecule has 0 bridgehead atoms. The largest absolute Gasteiger partial charge is 0.494 e. The van der Waals surface area contributed by atoms with Crippen LogP contribution in [0, 0.1) is 6.92 Å². The van der Waals surface area contributed by atoms with Gasteiger partial charge < -0.3 is 10.1 Å². The highest BCUT2D eigenvalue weighted by Crippen LogP contribution is 2.21. The average molecular weight is 387 g/mol. The molecular weight excluding hydrogens is 366 g/mol. The summed E-state index contributed by atoms with van der Waals surface area (Å²) in [6.07, 6.45) is 1.70. The Balaban J connectivity index is 1.54. The molecule has 2 aromatic carbocycles. The lowest BCUT2D eigenvalue weighted by Gasteiger charge is -2.12. The molecule has 4 rings (SSSR count). The van der Waals surface area contributed by atoms with Gasteiger partial charge in [-0.3, -0.25) is 4.79 Å². The number of benzene rings is 2. The normalized spacial score (nSPS) is 10.8. The van der Waals surface area contributed by atoms with E-state index in [0.717, 1.165) is 22.6 Å². The number of hydrogen-bond acceptors (Lipinski definition) is 5. The molecule has 0 radical (unpaired) electrons. The van der Waals surface area contributed by atoms with Crippen LogP contribution in [-0.4, -0.2) is 32.5 Å². The maximum atomic E-state index is 12.8. The molecule has 7 nitrogen and oxygen atoms in total. The minimum Gasteiger partial charge on any atom is -0.494 e. The molecule has 146 valence electrons. The molecule has 29 heavy (non-hydrogen) atoms. The number of hydrogen-bond donors (Lipinski definition) is 1. The first-order valence-corrected chi connectivity index (χ1v) is 9.43. The van der Waals surface area contributed by atoms with Crippen molar-refractivity contribution in [3.8, 4) is 11.4 Å². The van der Waals surface area contributed by atoms with Crippen molar-refractivity contribution in [1.29, 1.82) is 0 Å². The lowest BCUT2D eigenvalue weighted by atomic mass is 10.1. The van der Waals surface area contributed by atoms with E-state index in [1.807, 2.05) is 62.4 Å². The van der Waals surface area contributed by atoms with Crippen molar-refractivity contribution < 1.29 is 9.53 Å². The Labute approximate surface area is 168 Å². The number of amides is 1. The number of fused-ring (bicyclic) bond motifs is 1. The Kier molecular flexibility index (Phi) is 5.20. The SMILES string of the molecule is CCOc1ccc(CNC(=O)c2cccc(-n3nnc4cccnc43)c2C)cc1. The van der Waals surface area contributed by atoms with E-state index in [2.05, 4.69) is 20.6 Å².